The van der Waals surface area contributed by atoms with E-state index in [4.69, 9.17) is 10.3 Å². The lowest BCUT2D eigenvalue weighted by Gasteiger charge is -2.04. The van der Waals surface area contributed by atoms with Crippen molar-refractivity contribution in [1.82, 2.24) is 5.16 Å². The van der Waals surface area contributed by atoms with Crippen LogP contribution in [0.1, 0.15) is 18.7 Å². The normalized spacial score (nSPS) is 12.7. The van der Waals surface area contributed by atoms with Gasteiger partial charge in [-0.15, -0.1) is 0 Å². The fourth-order valence-corrected chi connectivity index (χ4v) is 1.45. The molecule has 3 nitrogen and oxygen atoms in total. The Morgan fingerprint density at radius 2 is 2.07 bits per heavy atom. The summed E-state index contributed by atoms with van der Waals surface area (Å²) in [6, 6.07) is 6.19. The van der Waals surface area contributed by atoms with Crippen LogP contribution >= 0.6 is 0 Å². The zero-order chi connectivity index (χ0) is 10.8. The van der Waals surface area contributed by atoms with Gasteiger partial charge in [0.15, 0.2) is 0 Å². The molecular formula is C11H11FN2O. The second-order valence-corrected chi connectivity index (χ2v) is 3.38. The minimum absolute atomic E-state index is 0.279. The molecule has 15 heavy (non-hydrogen) atoms. The smallest absolute Gasteiger partial charge is 0.132 e. The molecule has 1 aromatic heterocycles. The first-order valence-electron chi connectivity index (χ1n) is 4.65. The zero-order valence-corrected chi connectivity index (χ0v) is 8.27. The van der Waals surface area contributed by atoms with E-state index < -0.39 is 0 Å². The first-order chi connectivity index (χ1) is 7.20. The van der Waals surface area contributed by atoms with Gasteiger partial charge < -0.3 is 10.3 Å². The zero-order valence-electron chi connectivity index (χ0n) is 8.27. The first kappa shape index (κ1) is 9.86. The molecule has 1 atom stereocenters. The summed E-state index contributed by atoms with van der Waals surface area (Å²) in [5.41, 5.74) is 7.35. The molecule has 0 aliphatic rings. The fraction of sp³-hybridized carbons (Fsp3) is 0.182. The van der Waals surface area contributed by atoms with E-state index >= 15 is 0 Å². The minimum Gasteiger partial charge on any atom is -0.364 e. The van der Waals surface area contributed by atoms with Gasteiger partial charge in [0, 0.05) is 17.2 Å². The maximum Gasteiger partial charge on any atom is 0.132 e. The maximum atomic E-state index is 13.5. The highest BCUT2D eigenvalue weighted by molar-refractivity contribution is 5.65. The van der Waals surface area contributed by atoms with Crippen LogP contribution in [0.4, 0.5) is 4.39 Å². The highest BCUT2D eigenvalue weighted by Gasteiger charge is 2.15. The largest absolute Gasteiger partial charge is 0.364 e. The summed E-state index contributed by atoms with van der Waals surface area (Å²) < 4.78 is 18.3. The predicted octanol–water partition coefficient (Wildman–Crippen LogP) is 2.50. The Bertz CT molecular complexity index is 465. The van der Waals surface area contributed by atoms with Crippen LogP contribution in [0.15, 0.2) is 35.1 Å². The number of rotatable bonds is 2. The third-order valence-corrected chi connectivity index (χ3v) is 2.19. The summed E-state index contributed by atoms with van der Waals surface area (Å²) in [6.07, 6.45) is 1.41. The lowest BCUT2D eigenvalue weighted by Crippen LogP contribution is -2.06. The fourth-order valence-electron chi connectivity index (χ4n) is 1.45. The number of nitrogens with zero attached hydrogens (tertiary/aromatic N) is 1. The second-order valence-electron chi connectivity index (χ2n) is 3.38. The summed E-state index contributed by atoms with van der Waals surface area (Å²) in [7, 11) is 0. The molecular weight excluding hydrogens is 195 g/mol. The van der Waals surface area contributed by atoms with Gasteiger partial charge in [-0.1, -0.05) is 23.4 Å². The van der Waals surface area contributed by atoms with E-state index in [1.807, 2.05) is 0 Å². The molecule has 0 aliphatic carbocycles. The lowest BCUT2D eigenvalue weighted by atomic mass is 10.0. The molecule has 0 saturated carbocycles. The first-order valence-corrected chi connectivity index (χ1v) is 4.65. The molecule has 1 unspecified atom stereocenters. The Morgan fingerprint density at radius 3 is 2.73 bits per heavy atom. The van der Waals surface area contributed by atoms with Crippen LogP contribution in [0, 0.1) is 5.82 Å². The highest BCUT2D eigenvalue weighted by Crippen LogP contribution is 2.28. The van der Waals surface area contributed by atoms with Crippen LogP contribution in [0.3, 0.4) is 0 Å². The molecule has 2 rings (SSSR count). The van der Waals surface area contributed by atoms with Gasteiger partial charge >= 0.3 is 0 Å². The Morgan fingerprint density at radius 1 is 1.33 bits per heavy atom. The second kappa shape index (κ2) is 3.82. The van der Waals surface area contributed by atoms with E-state index in [2.05, 4.69) is 5.16 Å². The minimum atomic E-state index is -0.303. The summed E-state index contributed by atoms with van der Waals surface area (Å²) in [5, 5.41) is 3.77. The van der Waals surface area contributed by atoms with Gasteiger partial charge in [0.05, 0.1) is 0 Å². The highest BCUT2D eigenvalue weighted by atomic mass is 19.1. The third-order valence-electron chi connectivity index (χ3n) is 2.19. The number of hydrogen-bond donors (Lipinski definition) is 1. The number of halogens is 1. The van der Waals surface area contributed by atoms with Gasteiger partial charge in [-0.05, 0) is 13.0 Å². The lowest BCUT2D eigenvalue weighted by molar-refractivity contribution is 0.407. The van der Waals surface area contributed by atoms with Crippen LogP contribution in [0.25, 0.3) is 11.1 Å². The molecule has 0 saturated heterocycles. The molecule has 0 radical (unpaired) electrons. The van der Waals surface area contributed by atoms with Crippen molar-refractivity contribution >= 4 is 0 Å². The van der Waals surface area contributed by atoms with E-state index in [0.717, 1.165) is 0 Å². The van der Waals surface area contributed by atoms with Gasteiger partial charge in [-0.3, -0.25) is 0 Å². The Balaban J connectivity index is 2.55. The third kappa shape index (κ3) is 1.76. The van der Waals surface area contributed by atoms with Gasteiger partial charge in [0.2, 0.25) is 0 Å². The molecule has 0 aliphatic heterocycles. The molecule has 1 heterocycles. The van der Waals surface area contributed by atoms with E-state index in [0.29, 0.717) is 16.8 Å². The summed E-state index contributed by atoms with van der Waals surface area (Å²) in [5.74, 6) is -0.303. The average molecular weight is 206 g/mol. The summed E-state index contributed by atoms with van der Waals surface area (Å²) >= 11 is 0. The number of benzene rings is 1. The van der Waals surface area contributed by atoms with Crippen molar-refractivity contribution in [3.05, 3.63) is 42.0 Å². The summed E-state index contributed by atoms with van der Waals surface area (Å²) in [4.78, 5) is 0. The average Bonchev–Trinajstić information content (AvgIpc) is 2.67. The van der Waals surface area contributed by atoms with Gasteiger partial charge in [0.25, 0.3) is 0 Å². The number of aromatic nitrogens is 1. The molecule has 2 N–H and O–H groups in total. The molecule has 0 amide bonds. The van der Waals surface area contributed by atoms with Crippen LogP contribution in [-0.2, 0) is 0 Å². The van der Waals surface area contributed by atoms with E-state index in [-0.39, 0.29) is 11.9 Å². The molecule has 0 spiro atoms. The number of hydrogen-bond acceptors (Lipinski definition) is 3. The Hall–Kier alpha value is -1.68. The van der Waals surface area contributed by atoms with Crippen molar-refractivity contribution in [2.24, 2.45) is 5.73 Å². The molecule has 0 fully saturated rings. The van der Waals surface area contributed by atoms with E-state index in [1.54, 1.807) is 25.1 Å². The van der Waals surface area contributed by atoms with Crippen LogP contribution in [0.2, 0.25) is 0 Å². The molecule has 0 bridgehead atoms. The predicted molar refractivity (Wildman–Crippen MR) is 54.5 cm³/mol. The maximum absolute atomic E-state index is 13.5. The van der Waals surface area contributed by atoms with E-state index in [9.17, 15) is 4.39 Å². The van der Waals surface area contributed by atoms with Crippen LogP contribution in [0.5, 0.6) is 0 Å². The molecule has 1 aromatic carbocycles. The van der Waals surface area contributed by atoms with Crippen molar-refractivity contribution < 1.29 is 8.91 Å². The van der Waals surface area contributed by atoms with E-state index in [1.165, 1.54) is 12.3 Å². The van der Waals surface area contributed by atoms with Crippen molar-refractivity contribution in [3.8, 4) is 11.1 Å². The van der Waals surface area contributed by atoms with Gasteiger partial charge in [-0.25, -0.2) is 4.39 Å². The Labute approximate surface area is 86.7 Å². The Kier molecular flexibility index (Phi) is 2.51. The van der Waals surface area contributed by atoms with Crippen LogP contribution in [-0.4, -0.2) is 5.16 Å². The van der Waals surface area contributed by atoms with Crippen molar-refractivity contribution in [2.75, 3.05) is 0 Å². The summed E-state index contributed by atoms with van der Waals surface area (Å²) in [6.45, 7) is 1.78. The van der Waals surface area contributed by atoms with Crippen molar-refractivity contribution in [3.63, 3.8) is 0 Å². The van der Waals surface area contributed by atoms with Crippen LogP contribution < -0.4 is 5.73 Å². The topological polar surface area (TPSA) is 52.0 Å². The SMILES string of the molecule is CC(N)c1nocc1-c1ccccc1F. The number of nitrogens with two attached hydrogens (primary N) is 1. The standard InChI is InChI=1S/C11H11FN2O/c1-7(13)11-9(6-15-14-11)8-4-2-3-5-10(8)12/h2-7H,13H2,1H3. The van der Waals surface area contributed by atoms with Gasteiger partial charge in [0.1, 0.15) is 17.8 Å². The van der Waals surface area contributed by atoms with Gasteiger partial charge in [-0.2, -0.15) is 0 Å². The monoisotopic (exact) mass is 206 g/mol. The van der Waals surface area contributed by atoms with Crippen molar-refractivity contribution in [1.29, 1.82) is 0 Å². The van der Waals surface area contributed by atoms with Crippen molar-refractivity contribution in [2.45, 2.75) is 13.0 Å². The molecule has 4 heteroatoms. The molecule has 2 aromatic rings. The molecule has 78 valence electrons. The quantitative estimate of drug-likeness (QED) is 0.821.